The summed E-state index contributed by atoms with van der Waals surface area (Å²) in [7, 11) is 1.45. The highest BCUT2D eigenvalue weighted by atomic mass is 16.5. The maximum atomic E-state index is 11.4. The van der Waals surface area contributed by atoms with Crippen molar-refractivity contribution in [1.82, 2.24) is 9.97 Å². The van der Waals surface area contributed by atoms with E-state index in [-0.39, 0.29) is 11.9 Å². The van der Waals surface area contributed by atoms with Crippen LogP contribution in [-0.4, -0.2) is 29.1 Å². The van der Waals surface area contributed by atoms with Gasteiger partial charge in [0.2, 0.25) is 0 Å². The predicted molar refractivity (Wildman–Crippen MR) is 63.4 cm³/mol. The van der Waals surface area contributed by atoms with E-state index in [1.54, 1.807) is 6.20 Å². The number of nitrogens with one attached hydrogen (secondary N) is 1. The normalized spacial score (nSPS) is 24.1. The molecular formula is C12H17N3O2. The monoisotopic (exact) mass is 235 g/mol. The largest absolute Gasteiger partial charge is 0.469 e. The Hall–Kier alpha value is -1.65. The van der Waals surface area contributed by atoms with Gasteiger partial charge < -0.3 is 10.1 Å². The van der Waals surface area contributed by atoms with Crippen LogP contribution in [0.25, 0.3) is 0 Å². The molecule has 1 fully saturated rings. The average molecular weight is 235 g/mol. The first-order chi connectivity index (χ1) is 8.29. The molecule has 5 heteroatoms. The van der Waals surface area contributed by atoms with E-state index >= 15 is 0 Å². The molecule has 1 aliphatic carbocycles. The first-order valence-electron chi connectivity index (χ1n) is 5.90. The van der Waals surface area contributed by atoms with E-state index in [2.05, 4.69) is 15.3 Å². The van der Waals surface area contributed by atoms with E-state index in [9.17, 15) is 4.79 Å². The Labute approximate surface area is 101 Å². The fourth-order valence-corrected chi connectivity index (χ4v) is 2.23. The summed E-state index contributed by atoms with van der Waals surface area (Å²) in [5, 5.41) is 3.36. The molecule has 1 saturated carbocycles. The van der Waals surface area contributed by atoms with Crippen LogP contribution in [0.15, 0.2) is 18.6 Å². The second kappa shape index (κ2) is 5.61. The molecule has 0 aliphatic heterocycles. The van der Waals surface area contributed by atoms with Crippen molar-refractivity contribution in [3.8, 4) is 0 Å². The van der Waals surface area contributed by atoms with E-state index in [0.717, 1.165) is 31.5 Å². The minimum atomic E-state index is -0.0783. The fraction of sp³-hybridized carbons (Fsp3) is 0.583. The number of rotatable bonds is 3. The summed E-state index contributed by atoms with van der Waals surface area (Å²) in [6.45, 7) is 0. The minimum absolute atomic E-state index is 0.0726. The van der Waals surface area contributed by atoms with Crippen molar-refractivity contribution < 1.29 is 9.53 Å². The average Bonchev–Trinajstić information content (AvgIpc) is 2.40. The summed E-state index contributed by atoms with van der Waals surface area (Å²) in [5.41, 5.74) is 0. The summed E-state index contributed by atoms with van der Waals surface area (Å²) in [6, 6.07) is 2.25. The Balaban J connectivity index is 1.82. The molecule has 0 aromatic carbocycles. The third-order valence-electron chi connectivity index (χ3n) is 3.20. The second-order valence-electron chi connectivity index (χ2n) is 4.31. The third kappa shape index (κ3) is 3.15. The fourth-order valence-electron chi connectivity index (χ4n) is 2.23. The SMILES string of the molecule is COC(=O)C1CCC(Nc2ccncn2)CC1. The lowest BCUT2D eigenvalue weighted by molar-refractivity contribution is -0.146. The van der Waals surface area contributed by atoms with Gasteiger partial charge in [0.05, 0.1) is 13.0 Å². The maximum Gasteiger partial charge on any atom is 0.308 e. The smallest absolute Gasteiger partial charge is 0.308 e. The van der Waals surface area contributed by atoms with Gasteiger partial charge in [0, 0.05) is 12.2 Å². The van der Waals surface area contributed by atoms with Gasteiger partial charge in [-0.05, 0) is 31.7 Å². The summed E-state index contributed by atoms with van der Waals surface area (Å²) < 4.78 is 4.76. The van der Waals surface area contributed by atoms with E-state index in [1.165, 1.54) is 13.4 Å². The highest BCUT2D eigenvalue weighted by Crippen LogP contribution is 2.26. The van der Waals surface area contributed by atoms with E-state index in [0.29, 0.717) is 6.04 Å². The standard InChI is InChI=1S/C12H17N3O2/c1-17-12(16)9-2-4-10(5-3-9)15-11-6-7-13-8-14-11/h6-10H,2-5H2,1H3,(H,13,14,15). The highest BCUT2D eigenvalue weighted by molar-refractivity contribution is 5.72. The van der Waals surface area contributed by atoms with Gasteiger partial charge in [0.1, 0.15) is 12.1 Å². The van der Waals surface area contributed by atoms with Gasteiger partial charge in [-0.15, -0.1) is 0 Å². The zero-order valence-corrected chi connectivity index (χ0v) is 9.93. The van der Waals surface area contributed by atoms with Crippen LogP contribution in [0.3, 0.4) is 0 Å². The van der Waals surface area contributed by atoms with Gasteiger partial charge in [0.15, 0.2) is 0 Å². The number of carbonyl (C=O) groups is 1. The van der Waals surface area contributed by atoms with Crippen molar-refractivity contribution in [2.45, 2.75) is 31.7 Å². The predicted octanol–water partition coefficient (Wildman–Crippen LogP) is 1.62. The molecule has 92 valence electrons. The van der Waals surface area contributed by atoms with Crippen molar-refractivity contribution >= 4 is 11.8 Å². The van der Waals surface area contributed by atoms with E-state index in [1.807, 2.05) is 6.07 Å². The van der Waals surface area contributed by atoms with Crippen molar-refractivity contribution in [1.29, 1.82) is 0 Å². The van der Waals surface area contributed by atoms with E-state index in [4.69, 9.17) is 4.74 Å². The Morgan fingerprint density at radius 2 is 2.18 bits per heavy atom. The molecule has 0 amide bonds. The van der Waals surface area contributed by atoms with Crippen LogP contribution in [0, 0.1) is 5.92 Å². The number of hydrogen-bond acceptors (Lipinski definition) is 5. The molecule has 0 unspecified atom stereocenters. The van der Waals surface area contributed by atoms with Gasteiger partial charge in [-0.3, -0.25) is 4.79 Å². The Bertz CT molecular complexity index is 361. The summed E-state index contributed by atoms with van der Waals surface area (Å²) >= 11 is 0. The number of methoxy groups -OCH3 is 1. The van der Waals surface area contributed by atoms with Crippen molar-refractivity contribution in [3.05, 3.63) is 18.6 Å². The molecule has 17 heavy (non-hydrogen) atoms. The molecule has 1 heterocycles. The molecule has 5 nitrogen and oxygen atoms in total. The molecule has 0 spiro atoms. The number of carbonyl (C=O) groups excluding carboxylic acids is 1. The zero-order chi connectivity index (χ0) is 12.1. The molecule has 0 atom stereocenters. The number of nitrogens with zero attached hydrogens (tertiary/aromatic N) is 2. The first kappa shape index (κ1) is 11.8. The lowest BCUT2D eigenvalue weighted by atomic mass is 9.86. The van der Waals surface area contributed by atoms with Gasteiger partial charge in [-0.25, -0.2) is 9.97 Å². The minimum Gasteiger partial charge on any atom is -0.469 e. The van der Waals surface area contributed by atoms with E-state index < -0.39 is 0 Å². The lowest BCUT2D eigenvalue weighted by Gasteiger charge is -2.27. The molecule has 1 N–H and O–H groups in total. The molecule has 0 radical (unpaired) electrons. The first-order valence-corrected chi connectivity index (χ1v) is 5.90. The molecule has 1 aliphatic rings. The second-order valence-corrected chi connectivity index (χ2v) is 4.31. The van der Waals surface area contributed by atoms with Gasteiger partial charge >= 0.3 is 5.97 Å². The summed E-state index contributed by atoms with van der Waals surface area (Å²) in [5.74, 6) is 0.843. The zero-order valence-electron chi connectivity index (χ0n) is 9.93. The van der Waals surface area contributed by atoms with Crippen molar-refractivity contribution in [2.75, 3.05) is 12.4 Å². The third-order valence-corrected chi connectivity index (χ3v) is 3.20. The van der Waals surface area contributed by atoms with Crippen LogP contribution < -0.4 is 5.32 Å². The van der Waals surface area contributed by atoms with Crippen molar-refractivity contribution in [3.63, 3.8) is 0 Å². The molecule has 1 aromatic heterocycles. The Morgan fingerprint density at radius 3 is 2.76 bits per heavy atom. The van der Waals surface area contributed by atoms with Crippen LogP contribution in [0.1, 0.15) is 25.7 Å². The number of hydrogen-bond donors (Lipinski definition) is 1. The lowest BCUT2D eigenvalue weighted by Crippen LogP contribution is -2.30. The number of esters is 1. The number of ether oxygens (including phenoxy) is 1. The Kier molecular flexibility index (Phi) is 3.90. The quantitative estimate of drug-likeness (QED) is 0.806. The number of anilines is 1. The highest BCUT2D eigenvalue weighted by Gasteiger charge is 2.26. The van der Waals surface area contributed by atoms with Crippen LogP contribution in [-0.2, 0) is 9.53 Å². The molecule has 1 aromatic rings. The van der Waals surface area contributed by atoms with Crippen LogP contribution in [0.5, 0.6) is 0 Å². The van der Waals surface area contributed by atoms with Gasteiger partial charge in [-0.1, -0.05) is 0 Å². The molecule has 0 bridgehead atoms. The molecule has 0 saturated heterocycles. The van der Waals surface area contributed by atoms with Crippen LogP contribution >= 0.6 is 0 Å². The van der Waals surface area contributed by atoms with Crippen LogP contribution in [0.4, 0.5) is 5.82 Å². The topological polar surface area (TPSA) is 64.1 Å². The Morgan fingerprint density at radius 1 is 1.41 bits per heavy atom. The summed E-state index contributed by atoms with van der Waals surface area (Å²) in [4.78, 5) is 19.4. The van der Waals surface area contributed by atoms with Crippen molar-refractivity contribution in [2.24, 2.45) is 5.92 Å². The molecule has 2 rings (SSSR count). The number of aromatic nitrogens is 2. The van der Waals surface area contributed by atoms with Gasteiger partial charge in [-0.2, -0.15) is 0 Å². The maximum absolute atomic E-state index is 11.4. The van der Waals surface area contributed by atoms with Gasteiger partial charge in [0.25, 0.3) is 0 Å². The molecular weight excluding hydrogens is 218 g/mol. The summed E-state index contributed by atoms with van der Waals surface area (Å²) in [6.07, 6.45) is 6.97. The van der Waals surface area contributed by atoms with Crippen LogP contribution in [0.2, 0.25) is 0 Å².